The van der Waals surface area contributed by atoms with E-state index in [0.717, 1.165) is 33.2 Å². The van der Waals surface area contributed by atoms with Crippen LogP contribution in [0.4, 0.5) is 5.69 Å². The first kappa shape index (κ1) is 17.8. The molecule has 0 saturated carbocycles. The highest BCUT2D eigenvalue weighted by Crippen LogP contribution is 2.23. The van der Waals surface area contributed by atoms with Crippen LogP contribution in [0.15, 0.2) is 71.8 Å². The predicted octanol–water partition coefficient (Wildman–Crippen LogP) is 4.20. The molecule has 0 saturated heterocycles. The van der Waals surface area contributed by atoms with Crippen LogP contribution < -0.4 is 10.7 Å². The second-order valence-electron chi connectivity index (χ2n) is 6.78. The Morgan fingerprint density at radius 2 is 1.79 bits per heavy atom. The predicted molar refractivity (Wildman–Crippen MR) is 116 cm³/mol. The number of aromatic nitrogens is 1. The third-order valence-electron chi connectivity index (χ3n) is 5.03. The summed E-state index contributed by atoms with van der Waals surface area (Å²) in [6, 6.07) is 22.3. The van der Waals surface area contributed by atoms with Crippen molar-refractivity contribution >= 4 is 39.5 Å². The lowest BCUT2D eigenvalue weighted by atomic mass is 10.1. The number of carbonyl (C=O) groups excluding carboxylic acids is 1. The summed E-state index contributed by atoms with van der Waals surface area (Å²) in [5.41, 5.74) is 6.77. The third-order valence-corrected chi connectivity index (χ3v) is 5.03. The molecule has 1 heterocycles. The number of hydrogen-bond donors (Lipinski definition) is 2. The van der Waals surface area contributed by atoms with Crippen molar-refractivity contribution in [3.05, 3.63) is 78.0 Å². The van der Waals surface area contributed by atoms with E-state index in [1.54, 1.807) is 6.21 Å². The lowest BCUT2D eigenvalue weighted by Gasteiger charge is -2.06. The van der Waals surface area contributed by atoms with Gasteiger partial charge in [0.2, 0.25) is 0 Å². The number of carbonyl (C=O) groups is 1. The van der Waals surface area contributed by atoms with Crippen LogP contribution in [0.1, 0.15) is 11.3 Å². The van der Waals surface area contributed by atoms with Gasteiger partial charge in [0.1, 0.15) is 0 Å². The minimum Gasteiger partial charge on any atom is -0.376 e. The van der Waals surface area contributed by atoms with Gasteiger partial charge in [-0.15, -0.1) is 0 Å². The van der Waals surface area contributed by atoms with E-state index >= 15 is 0 Å². The molecule has 2 N–H and O–H groups in total. The van der Waals surface area contributed by atoms with Gasteiger partial charge in [0, 0.05) is 34.9 Å². The van der Waals surface area contributed by atoms with Crippen LogP contribution in [0.25, 0.3) is 21.7 Å². The van der Waals surface area contributed by atoms with E-state index in [1.807, 2.05) is 56.4 Å². The number of aryl methyl sites for hydroxylation is 1. The van der Waals surface area contributed by atoms with Crippen LogP contribution in [0.5, 0.6) is 0 Å². The number of nitrogens with one attached hydrogen (secondary N) is 2. The molecular weight excluding hydrogens is 348 g/mol. The SMILES string of the molecule is Cc1c(/C=N\NC(=O)CNc2ccc3ccccc3c2)c2ccccc2n1C. The van der Waals surface area contributed by atoms with E-state index in [1.165, 1.54) is 5.39 Å². The number of hydrogen-bond acceptors (Lipinski definition) is 3. The number of anilines is 1. The van der Waals surface area contributed by atoms with Crippen molar-refractivity contribution in [2.24, 2.45) is 12.1 Å². The summed E-state index contributed by atoms with van der Waals surface area (Å²) in [6.07, 6.45) is 1.71. The molecule has 5 nitrogen and oxygen atoms in total. The molecular formula is C23H22N4O. The molecule has 140 valence electrons. The molecule has 0 atom stereocenters. The maximum Gasteiger partial charge on any atom is 0.259 e. The van der Waals surface area contributed by atoms with Crippen LogP contribution in [-0.4, -0.2) is 23.2 Å². The minimum absolute atomic E-state index is 0.157. The topological polar surface area (TPSA) is 58.4 Å². The molecule has 0 radical (unpaired) electrons. The maximum absolute atomic E-state index is 12.1. The zero-order valence-electron chi connectivity index (χ0n) is 15.9. The lowest BCUT2D eigenvalue weighted by Crippen LogP contribution is -2.25. The number of amides is 1. The summed E-state index contributed by atoms with van der Waals surface area (Å²) in [4.78, 5) is 12.1. The van der Waals surface area contributed by atoms with Crippen LogP contribution >= 0.6 is 0 Å². The third kappa shape index (κ3) is 3.47. The van der Waals surface area contributed by atoms with Crippen molar-refractivity contribution < 1.29 is 4.79 Å². The highest BCUT2D eigenvalue weighted by molar-refractivity contribution is 6.01. The number of para-hydroxylation sites is 1. The van der Waals surface area contributed by atoms with Crippen molar-refractivity contribution in [1.82, 2.24) is 9.99 Å². The highest BCUT2D eigenvalue weighted by atomic mass is 16.2. The van der Waals surface area contributed by atoms with Gasteiger partial charge in [-0.2, -0.15) is 5.10 Å². The number of rotatable bonds is 5. The first-order chi connectivity index (χ1) is 13.6. The largest absolute Gasteiger partial charge is 0.376 e. The van der Waals surface area contributed by atoms with Crippen LogP contribution in [-0.2, 0) is 11.8 Å². The number of nitrogens with zero attached hydrogens (tertiary/aromatic N) is 2. The molecule has 0 aliphatic heterocycles. The molecule has 0 unspecified atom stereocenters. The molecule has 0 bridgehead atoms. The Morgan fingerprint density at radius 1 is 1.04 bits per heavy atom. The van der Waals surface area contributed by atoms with Gasteiger partial charge in [-0.05, 0) is 35.9 Å². The monoisotopic (exact) mass is 370 g/mol. The Bertz CT molecular complexity index is 1190. The van der Waals surface area contributed by atoms with E-state index in [0.29, 0.717) is 0 Å². The first-order valence-electron chi connectivity index (χ1n) is 9.22. The molecule has 1 aromatic heterocycles. The zero-order chi connectivity index (χ0) is 19.5. The summed E-state index contributed by atoms with van der Waals surface area (Å²) >= 11 is 0. The molecule has 1 amide bonds. The molecule has 5 heteroatoms. The van der Waals surface area contributed by atoms with Crippen molar-refractivity contribution in [3.63, 3.8) is 0 Å². The highest BCUT2D eigenvalue weighted by Gasteiger charge is 2.09. The van der Waals surface area contributed by atoms with E-state index in [9.17, 15) is 4.79 Å². The van der Waals surface area contributed by atoms with Gasteiger partial charge >= 0.3 is 0 Å². The lowest BCUT2D eigenvalue weighted by molar-refractivity contribution is -0.119. The van der Waals surface area contributed by atoms with Crippen LogP contribution in [0.2, 0.25) is 0 Å². The van der Waals surface area contributed by atoms with E-state index in [2.05, 4.69) is 44.7 Å². The van der Waals surface area contributed by atoms with Gasteiger partial charge < -0.3 is 9.88 Å². The average Bonchev–Trinajstić information content (AvgIpc) is 2.97. The van der Waals surface area contributed by atoms with Gasteiger partial charge in [-0.1, -0.05) is 48.5 Å². The van der Waals surface area contributed by atoms with Crippen molar-refractivity contribution in [2.75, 3.05) is 11.9 Å². The Labute approximate surface area is 163 Å². The second-order valence-corrected chi connectivity index (χ2v) is 6.78. The van der Waals surface area contributed by atoms with Crippen LogP contribution in [0, 0.1) is 6.92 Å². The van der Waals surface area contributed by atoms with E-state index in [4.69, 9.17) is 0 Å². The fraction of sp³-hybridized carbons (Fsp3) is 0.130. The summed E-state index contributed by atoms with van der Waals surface area (Å²) in [5, 5.41) is 10.7. The fourth-order valence-corrected chi connectivity index (χ4v) is 3.40. The van der Waals surface area contributed by atoms with E-state index in [-0.39, 0.29) is 12.5 Å². The smallest absolute Gasteiger partial charge is 0.259 e. The summed E-state index contributed by atoms with van der Waals surface area (Å²) < 4.78 is 2.12. The maximum atomic E-state index is 12.1. The first-order valence-corrected chi connectivity index (χ1v) is 9.22. The molecule has 28 heavy (non-hydrogen) atoms. The zero-order valence-corrected chi connectivity index (χ0v) is 15.9. The summed E-state index contributed by atoms with van der Waals surface area (Å²) in [5.74, 6) is -0.192. The minimum atomic E-state index is -0.192. The standard InChI is InChI=1S/C23H22N4O/c1-16-21(20-9-5-6-10-22(20)27(16)2)14-25-26-23(28)15-24-19-12-11-17-7-3-4-8-18(17)13-19/h3-14,24H,15H2,1-2H3,(H,26,28)/b25-14-. The molecule has 0 fully saturated rings. The molecule has 3 aromatic carbocycles. The second kappa shape index (κ2) is 7.56. The molecule has 0 aliphatic rings. The molecule has 4 rings (SSSR count). The summed E-state index contributed by atoms with van der Waals surface area (Å²) in [6.45, 7) is 2.20. The average molecular weight is 370 g/mol. The molecule has 0 aliphatic carbocycles. The van der Waals surface area contributed by atoms with Gasteiger partial charge in [0.25, 0.3) is 5.91 Å². The Balaban J connectivity index is 1.40. The summed E-state index contributed by atoms with van der Waals surface area (Å²) in [7, 11) is 2.03. The van der Waals surface area contributed by atoms with Gasteiger partial charge in [0.15, 0.2) is 0 Å². The van der Waals surface area contributed by atoms with Gasteiger partial charge in [-0.3, -0.25) is 4.79 Å². The molecule has 4 aromatic rings. The van der Waals surface area contributed by atoms with Gasteiger partial charge in [-0.25, -0.2) is 5.43 Å². The Hall–Kier alpha value is -3.60. The van der Waals surface area contributed by atoms with Crippen molar-refractivity contribution in [1.29, 1.82) is 0 Å². The van der Waals surface area contributed by atoms with Gasteiger partial charge in [0.05, 0.1) is 12.8 Å². The quantitative estimate of drug-likeness (QED) is 0.409. The van der Waals surface area contributed by atoms with Crippen molar-refractivity contribution in [3.8, 4) is 0 Å². The Kier molecular flexibility index (Phi) is 4.81. The number of hydrazone groups is 1. The number of fused-ring (bicyclic) bond motifs is 2. The normalized spacial score (nSPS) is 11.4. The van der Waals surface area contributed by atoms with E-state index < -0.39 is 0 Å². The molecule has 0 spiro atoms. The number of benzene rings is 3. The van der Waals surface area contributed by atoms with Crippen LogP contribution in [0.3, 0.4) is 0 Å². The van der Waals surface area contributed by atoms with Crippen molar-refractivity contribution in [2.45, 2.75) is 6.92 Å². The fourth-order valence-electron chi connectivity index (χ4n) is 3.40. The Morgan fingerprint density at radius 3 is 2.64 bits per heavy atom.